The number of aromatic nitrogens is 2. The van der Waals surface area contributed by atoms with Crippen molar-refractivity contribution in [2.75, 3.05) is 36.8 Å². The summed E-state index contributed by atoms with van der Waals surface area (Å²) < 4.78 is 27.0. The van der Waals surface area contributed by atoms with Crippen LogP contribution >= 0.6 is 0 Å². The third-order valence-corrected chi connectivity index (χ3v) is 7.04. The number of rotatable bonds is 6. The summed E-state index contributed by atoms with van der Waals surface area (Å²) in [6.07, 6.45) is 2.11. The lowest BCUT2D eigenvalue weighted by atomic mass is 10.1. The molecule has 0 radical (unpaired) electrons. The lowest BCUT2D eigenvalue weighted by molar-refractivity contribution is 0.383. The van der Waals surface area contributed by atoms with Crippen molar-refractivity contribution >= 4 is 15.8 Å². The zero-order valence-electron chi connectivity index (χ0n) is 16.2. The largest absolute Gasteiger partial charge is 0.354 e. The predicted molar refractivity (Wildman–Crippen MR) is 115 cm³/mol. The molecule has 4 rings (SSSR count). The first-order valence-corrected chi connectivity index (χ1v) is 11.4. The molecule has 0 bridgehead atoms. The summed E-state index contributed by atoms with van der Waals surface area (Å²) in [5.74, 6) is 0.975. The minimum atomic E-state index is -3.26. The van der Waals surface area contributed by atoms with Crippen molar-refractivity contribution in [1.82, 2.24) is 14.3 Å². The highest BCUT2D eigenvalue weighted by Crippen LogP contribution is 2.22. The summed E-state index contributed by atoms with van der Waals surface area (Å²) >= 11 is 0. The van der Waals surface area contributed by atoms with Crippen LogP contribution in [-0.2, 0) is 16.4 Å². The van der Waals surface area contributed by atoms with Crippen molar-refractivity contribution in [1.29, 1.82) is 0 Å². The number of aryl methyl sites for hydroxylation is 1. The molecule has 2 aromatic carbocycles. The molecule has 0 atom stereocenters. The van der Waals surface area contributed by atoms with Crippen LogP contribution in [0.1, 0.15) is 5.56 Å². The molecule has 0 amide bonds. The molecular formula is C22H24N4O2S. The van der Waals surface area contributed by atoms with Gasteiger partial charge in [0.15, 0.2) is 0 Å². The first-order chi connectivity index (χ1) is 14.1. The van der Waals surface area contributed by atoms with Gasteiger partial charge in [0.2, 0.25) is 10.0 Å². The summed E-state index contributed by atoms with van der Waals surface area (Å²) in [6, 6.07) is 21.7. The van der Waals surface area contributed by atoms with Gasteiger partial charge in [0, 0.05) is 37.8 Å². The van der Waals surface area contributed by atoms with Gasteiger partial charge in [0.1, 0.15) is 12.1 Å². The molecule has 0 aliphatic carbocycles. The SMILES string of the molecule is O=S(=O)(CCc1ccccc1)N1CCN(c2cc(-c3ccccc3)ncn2)CC1. The molecule has 0 N–H and O–H groups in total. The number of piperazine rings is 1. The van der Waals surface area contributed by atoms with E-state index in [9.17, 15) is 8.42 Å². The van der Waals surface area contributed by atoms with E-state index in [0.717, 1.165) is 22.6 Å². The summed E-state index contributed by atoms with van der Waals surface area (Å²) in [4.78, 5) is 10.9. The minimum absolute atomic E-state index is 0.142. The second-order valence-corrected chi connectivity index (χ2v) is 9.15. The van der Waals surface area contributed by atoms with Crippen molar-refractivity contribution in [3.63, 3.8) is 0 Å². The van der Waals surface area contributed by atoms with E-state index in [1.807, 2.05) is 66.7 Å². The van der Waals surface area contributed by atoms with Crippen LogP contribution in [0, 0.1) is 0 Å². The number of hydrogen-bond donors (Lipinski definition) is 0. The molecule has 2 heterocycles. The zero-order valence-corrected chi connectivity index (χ0v) is 17.0. The molecule has 6 nitrogen and oxygen atoms in total. The van der Waals surface area contributed by atoms with Gasteiger partial charge >= 0.3 is 0 Å². The maximum absolute atomic E-state index is 12.7. The lowest BCUT2D eigenvalue weighted by Crippen LogP contribution is -2.49. The normalized spacial score (nSPS) is 15.4. The predicted octanol–water partition coefficient (Wildman–Crippen LogP) is 2.84. The summed E-state index contributed by atoms with van der Waals surface area (Å²) in [5.41, 5.74) is 2.95. The smallest absolute Gasteiger partial charge is 0.214 e. The average Bonchev–Trinajstić information content (AvgIpc) is 2.79. The Morgan fingerprint density at radius 1 is 0.828 bits per heavy atom. The van der Waals surface area contributed by atoms with Gasteiger partial charge in [-0.05, 0) is 12.0 Å². The lowest BCUT2D eigenvalue weighted by Gasteiger charge is -2.34. The Labute approximate surface area is 171 Å². The van der Waals surface area contributed by atoms with Crippen molar-refractivity contribution < 1.29 is 8.42 Å². The highest BCUT2D eigenvalue weighted by molar-refractivity contribution is 7.89. The molecule has 1 saturated heterocycles. The van der Waals surface area contributed by atoms with Gasteiger partial charge in [-0.2, -0.15) is 4.31 Å². The van der Waals surface area contributed by atoms with Crippen molar-refractivity contribution in [2.45, 2.75) is 6.42 Å². The van der Waals surface area contributed by atoms with E-state index in [1.165, 1.54) is 0 Å². The third-order valence-electron chi connectivity index (χ3n) is 5.17. The second-order valence-electron chi connectivity index (χ2n) is 7.07. The first kappa shape index (κ1) is 19.5. The van der Waals surface area contributed by atoms with Crippen molar-refractivity contribution in [3.8, 4) is 11.3 Å². The number of sulfonamides is 1. The highest BCUT2D eigenvalue weighted by Gasteiger charge is 2.27. The van der Waals surface area contributed by atoms with E-state index in [4.69, 9.17) is 0 Å². The van der Waals surface area contributed by atoms with Crippen LogP contribution in [-0.4, -0.2) is 54.6 Å². The zero-order chi connectivity index (χ0) is 20.1. The molecule has 1 aliphatic rings. The van der Waals surface area contributed by atoms with Crippen LogP contribution in [0.2, 0.25) is 0 Å². The number of hydrogen-bond acceptors (Lipinski definition) is 5. The average molecular weight is 409 g/mol. The molecule has 0 unspecified atom stereocenters. The quantitative estimate of drug-likeness (QED) is 0.627. The van der Waals surface area contributed by atoms with Gasteiger partial charge in [-0.3, -0.25) is 0 Å². The monoisotopic (exact) mass is 408 g/mol. The topological polar surface area (TPSA) is 66.4 Å². The Bertz CT molecular complexity index is 1030. The number of anilines is 1. The fourth-order valence-electron chi connectivity index (χ4n) is 3.50. The second kappa shape index (κ2) is 8.71. The third kappa shape index (κ3) is 4.81. The van der Waals surface area contributed by atoms with E-state index in [2.05, 4.69) is 14.9 Å². The van der Waals surface area contributed by atoms with Crippen molar-refractivity contribution in [3.05, 3.63) is 78.6 Å². The van der Waals surface area contributed by atoms with E-state index in [0.29, 0.717) is 32.6 Å². The van der Waals surface area contributed by atoms with Gasteiger partial charge < -0.3 is 4.90 Å². The van der Waals surface area contributed by atoms with Gasteiger partial charge in [-0.25, -0.2) is 18.4 Å². The Kier molecular flexibility index (Phi) is 5.87. The van der Waals surface area contributed by atoms with E-state index < -0.39 is 10.0 Å². The van der Waals surface area contributed by atoms with Gasteiger partial charge in [-0.15, -0.1) is 0 Å². The summed E-state index contributed by atoms with van der Waals surface area (Å²) in [5, 5.41) is 0. The number of benzene rings is 2. The fourth-order valence-corrected chi connectivity index (χ4v) is 4.97. The molecule has 1 aromatic heterocycles. The standard InChI is InChI=1S/C22H24N4O2S/c27-29(28,16-11-19-7-3-1-4-8-19)26-14-12-25(13-15-26)22-17-21(23-18-24-22)20-9-5-2-6-10-20/h1-10,17-18H,11-16H2. The summed E-state index contributed by atoms with van der Waals surface area (Å²) in [6.45, 7) is 2.19. The molecule has 150 valence electrons. The van der Waals surface area contributed by atoms with Crippen LogP contribution in [0.4, 0.5) is 5.82 Å². The van der Waals surface area contributed by atoms with E-state index in [1.54, 1.807) is 10.6 Å². The van der Waals surface area contributed by atoms with Gasteiger partial charge in [0.05, 0.1) is 11.4 Å². The maximum atomic E-state index is 12.7. The molecule has 0 spiro atoms. The van der Waals surface area contributed by atoms with Crippen LogP contribution in [0.3, 0.4) is 0 Å². The van der Waals surface area contributed by atoms with Gasteiger partial charge in [-0.1, -0.05) is 60.7 Å². The van der Waals surface area contributed by atoms with Crippen LogP contribution in [0.5, 0.6) is 0 Å². The van der Waals surface area contributed by atoms with Crippen LogP contribution in [0.15, 0.2) is 73.1 Å². The molecule has 29 heavy (non-hydrogen) atoms. The number of nitrogens with zero attached hydrogens (tertiary/aromatic N) is 4. The van der Waals surface area contributed by atoms with E-state index >= 15 is 0 Å². The Morgan fingerprint density at radius 3 is 2.17 bits per heavy atom. The Morgan fingerprint density at radius 2 is 1.48 bits per heavy atom. The van der Waals surface area contributed by atoms with Crippen molar-refractivity contribution in [2.24, 2.45) is 0 Å². The van der Waals surface area contributed by atoms with Crippen LogP contribution < -0.4 is 4.90 Å². The molecule has 1 aliphatic heterocycles. The van der Waals surface area contributed by atoms with Crippen LogP contribution in [0.25, 0.3) is 11.3 Å². The minimum Gasteiger partial charge on any atom is -0.354 e. The van der Waals surface area contributed by atoms with Gasteiger partial charge in [0.25, 0.3) is 0 Å². The molecular weight excluding hydrogens is 384 g/mol. The highest BCUT2D eigenvalue weighted by atomic mass is 32.2. The summed E-state index contributed by atoms with van der Waals surface area (Å²) in [7, 11) is -3.26. The molecule has 1 fully saturated rings. The maximum Gasteiger partial charge on any atom is 0.214 e. The Hall–Kier alpha value is -2.77. The van der Waals surface area contributed by atoms with E-state index in [-0.39, 0.29) is 5.75 Å². The molecule has 3 aromatic rings. The first-order valence-electron chi connectivity index (χ1n) is 9.76. The molecule has 0 saturated carbocycles. The Balaban J connectivity index is 1.38. The fraction of sp³-hybridized carbons (Fsp3) is 0.273. The molecule has 7 heteroatoms.